The minimum absolute atomic E-state index is 0.275. The van der Waals surface area contributed by atoms with Crippen molar-refractivity contribution in [1.29, 1.82) is 0 Å². The number of hydrogen-bond acceptors (Lipinski definition) is 4. The van der Waals surface area contributed by atoms with Gasteiger partial charge in [-0.25, -0.2) is 0 Å². The Kier molecular flexibility index (Phi) is 8.74. The van der Waals surface area contributed by atoms with Gasteiger partial charge in [-0.15, -0.1) is 0 Å². The van der Waals surface area contributed by atoms with Crippen molar-refractivity contribution < 1.29 is 14.3 Å². The molecule has 0 saturated carbocycles. The Balaban J connectivity index is 1.67. The summed E-state index contributed by atoms with van der Waals surface area (Å²) in [4.78, 5) is 18.3. The Morgan fingerprint density at radius 3 is 2.81 bits per heavy atom. The van der Waals surface area contributed by atoms with E-state index >= 15 is 0 Å². The van der Waals surface area contributed by atoms with Gasteiger partial charge in [-0.3, -0.25) is 9.79 Å². The van der Waals surface area contributed by atoms with E-state index < -0.39 is 0 Å². The molecule has 1 amide bonds. The molecule has 27 heavy (non-hydrogen) atoms. The van der Waals surface area contributed by atoms with Crippen LogP contribution in [0.1, 0.15) is 37.7 Å². The smallest absolute Gasteiger partial charge is 0.222 e. The lowest BCUT2D eigenvalue weighted by molar-refractivity contribution is -0.130. The SMILES string of the molecule is COc1ccc(CCNC(N)=NCCCN2CCCCCC2=O)cc1OC. The second kappa shape index (κ2) is 11.3. The molecule has 150 valence electrons. The maximum Gasteiger partial charge on any atom is 0.222 e. The topological polar surface area (TPSA) is 89.2 Å². The van der Waals surface area contributed by atoms with Crippen molar-refractivity contribution in [3.63, 3.8) is 0 Å². The predicted octanol–water partition coefficient (Wildman–Crippen LogP) is 1.94. The number of nitrogens with one attached hydrogen (secondary N) is 1. The van der Waals surface area contributed by atoms with Crippen LogP contribution in [-0.4, -0.2) is 57.2 Å². The van der Waals surface area contributed by atoms with E-state index in [4.69, 9.17) is 15.2 Å². The van der Waals surface area contributed by atoms with Crippen molar-refractivity contribution in [3.8, 4) is 11.5 Å². The van der Waals surface area contributed by atoms with Gasteiger partial charge in [0, 0.05) is 32.6 Å². The van der Waals surface area contributed by atoms with Crippen LogP contribution in [0.15, 0.2) is 23.2 Å². The van der Waals surface area contributed by atoms with E-state index in [1.807, 2.05) is 23.1 Å². The zero-order chi connectivity index (χ0) is 19.5. The molecule has 1 aliphatic rings. The lowest BCUT2D eigenvalue weighted by Gasteiger charge is -2.19. The molecule has 0 atom stereocenters. The van der Waals surface area contributed by atoms with Gasteiger partial charge in [0.1, 0.15) is 0 Å². The second-order valence-corrected chi connectivity index (χ2v) is 6.68. The summed E-state index contributed by atoms with van der Waals surface area (Å²) in [6.45, 7) is 2.96. The number of nitrogens with two attached hydrogens (primary N) is 1. The van der Waals surface area contributed by atoms with E-state index in [1.54, 1.807) is 14.2 Å². The second-order valence-electron chi connectivity index (χ2n) is 6.68. The van der Waals surface area contributed by atoms with Crippen molar-refractivity contribution in [3.05, 3.63) is 23.8 Å². The van der Waals surface area contributed by atoms with Gasteiger partial charge in [-0.05, 0) is 43.4 Å². The van der Waals surface area contributed by atoms with Crippen molar-refractivity contribution in [2.75, 3.05) is 40.4 Å². The number of methoxy groups -OCH3 is 2. The van der Waals surface area contributed by atoms with Gasteiger partial charge in [-0.1, -0.05) is 12.5 Å². The van der Waals surface area contributed by atoms with Crippen LogP contribution >= 0.6 is 0 Å². The Bertz CT molecular complexity index is 634. The van der Waals surface area contributed by atoms with Crippen LogP contribution in [0.4, 0.5) is 0 Å². The number of carbonyl (C=O) groups excluding carboxylic acids is 1. The van der Waals surface area contributed by atoms with Gasteiger partial charge in [0.2, 0.25) is 5.91 Å². The van der Waals surface area contributed by atoms with Crippen LogP contribution in [-0.2, 0) is 11.2 Å². The Morgan fingerprint density at radius 1 is 1.22 bits per heavy atom. The number of rotatable bonds is 9. The van der Waals surface area contributed by atoms with Gasteiger partial charge >= 0.3 is 0 Å². The third-order valence-electron chi connectivity index (χ3n) is 4.71. The fraction of sp³-hybridized carbons (Fsp3) is 0.600. The number of benzene rings is 1. The van der Waals surface area contributed by atoms with Gasteiger partial charge in [0.25, 0.3) is 0 Å². The number of likely N-dealkylation sites (tertiary alicyclic amines) is 1. The molecule has 1 aliphatic heterocycles. The van der Waals surface area contributed by atoms with Crippen LogP contribution in [0.25, 0.3) is 0 Å². The average molecular weight is 377 g/mol. The van der Waals surface area contributed by atoms with Gasteiger partial charge in [0.05, 0.1) is 14.2 Å². The maximum absolute atomic E-state index is 11.9. The number of carbonyl (C=O) groups is 1. The van der Waals surface area contributed by atoms with E-state index in [-0.39, 0.29) is 5.91 Å². The van der Waals surface area contributed by atoms with Crippen molar-refractivity contribution in [2.45, 2.75) is 38.5 Å². The molecule has 0 spiro atoms. The Morgan fingerprint density at radius 2 is 2.04 bits per heavy atom. The molecular formula is C20H32N4O3. The maximum atomic E-state index is 11.9. The van der Waals surface area contributed by atoms with Crippen LogP contribution in [0.2, 0.25) is 0 Å². The summed E-state index contributed by atoms with van der Waals surface area (Å²) in [5, 5.41) is 3.13. The van der Waals surface area contributed by atoms with Crippen LogP contribution in [0, 0.1) is 0 Å². The summed E-state index contributed by atoms with van der Waals surface area (Å²) in [7, 11) is 3.25. The van der Waals surface area contributed by atoms with E-state index in [1.165, 1.54) is 0 Å². The molecule has 0 aromatic heterocycles. The minimum atomic E-state index is 0.275. The third-order valence-corrected chi connectivity index (χ3v) is 4.71. The van der Waals surface area contributed by atoms with Crippen molar-refractivity contribution >= 4 is 11.9 Å². The third kappa shape index (κ3) is 7.00. The molecule has 1 fully saturated rings. The normalized spacial score (nSPS) is 15.4. The number of amides is 1. The van der Waals surface area contributed by atoms with Gasteiger partial charge in [-0.2, -0.15) is 0 Å². The predicted molar refractivity (Wildman–Crippen MR) is 107 cm³/mol. The molecular weight excluding hydrogens is 344 g/mol. The molecule has 1 heterocycles. The van der Waals surface area contributed by atoms with E-state index in [0.717, 1.165) is 62.3 Å². The number of hydrogen-bond donors (Lipinski definition) is 2. The number of aliphatic imine (C=N–C) groups is 1. The highest BCUT2D eigenvalue weighted by molar-refractivity contribution is 5.78. The molecule has 0 unspecified atom stereocenters. The van der Waals surface area contributed by atoms with Crippen LogP contribution in [0.3, 0.4) is 0 Å². The Labute approximate surface area is 161 Å². The summed E-state index contributed by atoms with van der Waals surface area (Å²) in [6, 6.07) is 5.87. The van der Waals surface area contributed by atoms with Crippen LogP contribution in [0.5, 0.6) is 11.5 Å². The average Bonchev–Trinajstić information content (AvgIpc) is 2.89. The first-order chi connectivity index (χ1) is 13.1. The highest BCUT2D eigenvalue weighted by Gasteiger charge is 2.15. The zero-order valence-corrected chi connectivity index (χ0v) is 16.5. The highest BCUT2D eigenvalue weighted by atomic mass is 16.5. The molecule has 7 heteroatoms. The fourth-order valence-electron chi connectivity index (χ4n) is 3.16. The number of ether oxygens (including phenoxy) is 2. The molecule has 0 bridgehead atoms. The molecule has 1 aromatic rings. The molecule has 7 nitrogen and oxygen atoms in total. The minimum Gasteiger partial charge on any atom is -0.493 e. The molecule has 3 N–H and O–H groups in total. The number of guanidine groups is 1. The molecule has 1 saturated heterocycles. The van der Waals surface area contributed by atoms with Crippen LogP contribution < -0.4 is 20.5 Å². The summed E-state index contributed by atoms with van der Waals surface area (Å²) in [5.41, 5.74) is 7.06. The lowest BCUT2D eigenvalue weighted by Crippen LogP contribution is -2.34. The quantitative estimate of drug-likeness (QED) is 0.391. The van der Waals surface area contributed by atoms with E-state index in [9.17, 15) is 4.79 Å². The van der Waals surface area contributed by atoms with Crippen molar-refractivity contribution in [1.82, 2.24) is 10.2 Å². The molecule has 2 rings (SSSR count). The van der Waals surface area contributed by atoms with Gasteiger partial charge in [0.15, 0.2) is 17.5 Å². The monoisotopic (exact) mass is 376 g/mol. The van der Waals surface area contributed by atoms with E-state index in [2.05, 4.69) is 10.3 Å². The first-order valence-electron chi connectivity index (χ1n) is 9.66. The first-order valence-corrected chi connectivity index (χ1v) is 9.66. The summed E-state index contributed by atoms with van der Waals surface area (Å²) >= 11 is 0. The van der Waals surface area contributed by atoms with Crippen molar-refractivity contribution in [2.24, 2.45) is 10.7 Å². The van der Waals surface area contributed by atoms with Gasteiger partial charge < -0.3 is 25.4 Å². The molecule has 0 radical (unpaired) electrons. The standard InChI is InChI=1S/C20H32N4O3/c1-26-17-9-8-16(15-18(17)27-2)10-12-23-20(21)22-11-6-14-24-13-5-3-4-7-19(24)25/h8-9,15H,3-7,10-14H2,1-2H3,(H3,21,22,23). The molecule has 1 aromatic carbocycles. The summed E-state index contributed by atoms with van der Waals surface area (Å²) in [6.07, 6.45) is 5.60. The fourth-order valence-corrected chi connectivity index (χ4v) is 3.16. The largest absolute Gasteiger partial charge is 0.493 e. The first kappa shape index (κ1) is 20.9. The summed E-state index contributed by atoms with van der Waals surface area (Å²) in [5.74, 6) is 2.16. The molecule has 0 aliphatic carbocycles. The summed E-state index contributed by atoms with van der Waals surface area (Å²) < 4.78 is 10.6. The van der Waals surface area contributed by atoms with E-state index in [0.29, 0.717) is 25.5 Å². The highest BCUT2D eigenvalue weighted by Crippen LogP contribution is 2.27. The lowest BCUT2D eigenvalue weighted by atomic mass is 10.1. The Hall–Kier alpha value is -2.44. The number of nitrogens with zero attached hydrogens (tertiary/aromatic N) is 2. The zero-order valence-electron chi connectivity index (χ0n) is 16.5.